The third-order valence-electron chi connectivity index (χ3n) is 2.69. The second kappa shape index (κ2) is 3.89. The molecule has 0 unspecified atom stereocenters. The maximum Gasteiger partial charge on any atom is 0.303 e. The van der Waals surface area contributed by atoms with Crippen LogP contribution in [0, 0.1) is 6.92 Å². The molecule has 0 radical (unpaired) electrons. The van der Waals surface area contributed by atoms with Gasteiger partial charge in [-0.2, -0.15) is 0 Å². The molecule has 0 aliphatic rings. The fourth-order valence-corrected chi connectivity index (χ4v) is 1.92. The molecule has 4 nitrogen and oxygen atoms in total. The number of nitrogens with one attached hydrogen (secondary N) is 1. The number of aliphatic carboxylic acids is 1. The number of hydrogen-bond donors (Lipinski definition) is 3. The van der Waals surface area contributed by atoms with Gasteiger partial charge in [0.25, 0.3) is 0 Å². The fourth-order valence-electron chi connectivity index (χ4n) is 1.92. The van der Waals surface area contributed by atoms with Crippen molar-refractivity contribution in [2.75, 3.05) is 0 Å². The molecule has 2 aromatic rings. The molecule has 0 aliphatic carbocycles. The fraction of sp³-hybridized carbons (Fsp3) is 0.250. The van der Waals surface area contributed by atoms with E-state index in [1.54, 1.807) is 18.2 Å². The largest absolute Gasteiger partial charge is 0.508 e. The summed E-state index contributed by atoms with van der Waals surface area (Å²) in [6.45, 7) is 1.91. The van der Waals surface area contributed by atoms with Crippen LogP contribution in [-0.2, 0) is 11.2 Å². The summed E-state index contributed by atoms with van der Waals surface area (Å²) in [6, 6.07) is 5.07. The van der Waals surface area contributed by atoms with Gasteiger partial charge < -0.3 is 15.2 Å². The lowest BCUT2D eigenvalue weighted by Gasteiger charge is -1.99. The molecule has 0 atom stereocenters. The topological polar surface area (TPSA) is 73.3 Å². The molecule has 0 saturated heterocycles. The van der Waals surface area contributed by atoms with E-state index >= 15 is 0 Å². The van der Waals surface area contributed by atoms with Crippen LogP contribution in [-0.4, -0.2) is 21.2 Å². The average molecular weight is 219 g/mol. The lowest BCUT2D eigenvalue weighted by Crippen LogP contribution is -1.97. The number of aromatic nitrogens is 1. The van der Waals surface area contributed by atoms with Gasteiger partial charge in [0.15, 0.2) is 0 Å². The van der Waals surface area contributed by atoms with Crippen LogP contribution in [0.5, 0.6) is 5.75 Å². The van der Waals surface area contributed by atoms with E-state index in [-0.39, 0.29) is 12.2 Å². The normalized spacial score (nSPS) is 10.8. The number of benzene rings is 1. The first-order valence-electron chi connectivity index (χ1n) is 5.10. The second-order valence-electron chi connectivity index (χ2n) is 3.85. The molecule has 0 amide bonds. The molecule has 0 bridgehead atoms. The van der Waals surface area contributed by atoms with Gasteiger partial charge >= 0.3 is 5.97 Å². The Morgan fingerprint density at radius 3 is 2.88 bits per heavy atom. The van der Waals surface area contributed by atoms with Crippen molar-refractivity contribution >= 4 is 16.9 Å². The number of H-pyrrole nitrogens is 1. The summed E-state index contributed by atoms with van der Waals surface area (Å²) in [5.74, 6) is -0.614. The van der Waals surface area contributed by atoms with Crippen LogP contribution < -0.4 is 0 Å². The monoisotopic (exact) mass is 219 g/mol. The molecule has 1 heterocycles. The Hall–Kier alpha value is -1.97. The number of carboxylic acid groups (broad SMARTS) is 1. The van der Waals surface area contributed by atoms with Gasteiger partial charge in [-0.05, 0) is 37.1 Å². The number of aromatic hydroxyl groups is 1. The number of carbonyl (C=O) groups is 1. The van der Waals surface area contributed by atoms with E-state index in [0.29, 0.717) is 6.42 Å². The average Bonchev–Trinajstić information content (AvgIpc) is 2.51. The van der Waals surface area contributed by atoms with E-state index in [1.165, 1.54) is 0 Å². The highest BCUT2D eigenvalue weighted by Gasteiger charge is 2.10. The smallest absolute Gasteiger partial charge is 0.303 e. The zero-order chi connectivity index (χ0) is 11.7. The third kappa shape index (κ3) is 1.86. The van der Waals surface area contributed by atoms with Gasteiger partial charge in [0.05, 0.1) is 0 Å². The number of rotatable bonds is 3. The highest BCUT2D eigenvalue weighted by atomic mass is 16.4. The minimum atomic E-state index is -0.811. The van der Waals surface area contributed by atoms with E-state index in [9.17, 15) is 9.90 Å². The van der Waals surface area contributed by atoms with Crippen LogP contribution in [0.2, 0.25) is 0 Å². The Balaban J connectivity index is 2.45. The maximum atomic E-state index is 10.5. The summed E-state index contributed by atoms with van der Waals surface area (Å²) >= 11 is 0. The molecule has 0 spiro atoms. The summed E-state index contributed by atoms with van der Waals surface area (Å²) in [5, 5.41) is 19.0. The lowest BCUT2D eigenvalue weighted by atomic mass is 10.1. The van der Waals surface area contributed by atoms with Gasteiger partial charge in [-0.1, -0.05) is 0 Å². The minimum Gasteiger partial charge on any atom is -0.508 e. The molecule has 3 N–H and O–H groups in total. The van der Waals surface area contributed by atoms with Gasteiger partial charge in [-0.3, -0.25) is 4.79 Å². The van der Waals surface area contributed by atoms with Crippen molar-refractivity contribution in [3.63, 3.8) is 0 Å². The highest BCUT2D eigenvalue weighted by molar-refractivity contribution is 5.86. The Morgan fingerprint density at radius 2 is 2.19 bits per heavy atom. The van der Waals surface area contributed by atoms with Gasteiger partial charge in [-0.25, -0.2) is 0 Å². The van der Waals surface area contributed by atoms with Crippen molar-refractivity contribution in [3.05, 3.63) is 29.5 Å². The minimum absolute atomic E-state index is 0.101. The zero-order valence-electron chi connectivity index (χ0n) is 8.95. The van der Waals surface area contributed by atoms with E-state index < -0.39 is 5.97 Å². The summed E-state index contributed by atoms with van der Waals surface area (Å²) in [6.07, 6.45) is 0.577. The highest BCUT2D eigenvalue weighted by Crippen LogP contribution is 2.26. The first-order chi connectivity index (χ1) is 7.58. The molecule has 2 rings (SSSR count). The van der Waals surface area contributed by atoms with Gasteiger partial charge in [-0.15, -0.1) is 0 Å². The van der Waals surface area contributed by atoms with Crippen molar-refractivity contribution in [2.24, 2.45) is 0 Å². The number of fused-ring (bicyclic) bond motifs is 1. The van der Waals surface area contributed by atoms with Crippen molar-refractivity contribution in [1.82, 2.24) is 4.98 Å². The molecule has 1 aromatic heterocycles. The summed E-state index contributed by atoms with van der Waals surface area (Å²) in [4.78, 5) is 13.7. The van der Waals surface area contributed by atoms with E-state index in [2.05, 4.69) is 4.98 Å². The molecule has 16 heavy (non-hydrogen) atoms. The number of phenols is 1. The van der Waals surface area contributed by atoms with Crippen LogP contribution >= 0.6 is 0 Å². The van der Waals surface area contributed by atoms with Crippen LogP contribution in [0.1, 0.15) is 17.7 Å². The van der Waals surface area contributed by atoms with Crippen LogP contribution in [0.15, 0.2) is 18.2 Å². The molecular formula is C12H13NO3. The Morgan fingerprint density at radius 1 is 1.44 bits per heavy atom. The predicted molar refractivity (Wildman–Crippen MR) is 60.7 cm³/mol. The number of carboxylic acids is 1. The number of phenolic OH excluding ortho intramolecular Hbond substituents is 1. The Bertz CT molecular complexity index is 542. The standard InChI is InChI=1S/C12H13NO3/c1-7-9(3-5-12(15)16)10-6-8(14)2-4-11(10)13-7/h2,4,6,13-14H,3,5H2,1H3,(H,15,16). The predicted octanol–water partition coefficient (Wildman–Crippen LogP) is 2.20. The van der Waals surface area contributed by atoms with Gasteiger partial charge in [0.2, 0.25) is 0 Å². The molecule has 1 aromatic carbocycles. The Kier molecular flexibility index (Phi) is 2.56. The summed E-state index contributed by atoms with van der Waals surface area (Å²) in [5.41, 5.74) is 2.85. The third-order valence-corrected chi connectivity index (χ3v) is 2.69. The summed E-state index contributed by atoms with van der Waals surface area (Å²) in [7, 11) is 0. The molecule has 84 valence electrons. The van der Waals surface area contributed by atoms with E-state index in [4.69, 9.17) is 5.11 Å². The van der Waals surface area contributed by atoms with Crippen molar-refractivity contribution < 1.29 is 15.0 Å². The van der Waals surface area contributed by atoms with Gasteiger partial charge in [0, 0.05) is 23.0 Å². The van der Waals surface area contributed by atoms with Gasteiger partial charge in [0.1, 0.15) is 5.75 Å². The number of aromatic amines is 1. The van der Waals surface area contributed by atoms with Crippen molar-refractivity contribution in [1.29, 1.82) is 0 Å². The van der Waals surface area contributed by atoms with Crippen molar-refractivity contribution in [2.45, 2.75) is 19.8 Å². The lowest BCUT2D eigenvalue weighted by molar-refractivity contribution is -0.136. The molecule has 0 fully saturated rings. The molecule has 0 saturated carbocycles. The van der Waals surface area contributed by atoms with E-state index in [0.717, 1.165) is 22.2 Å². The summed E-state index contributed by atoms with van der Waals surface area (Å²) < 4.78 is 0. The van der Waals surface area contributed by atoms with Crippen LogP contribution in [0.3, 0.4) is 0 Å². The first-order valence-corrected chi connectivity index (χ1v) is 5.10. The SMILES string of the molecule is Cc1[nH]c2ccc(O)cc2c1CCC(=O)O. The maximum absolute atomic E-state index is 10.5. The molecule has 0 aliphatic heterocycles. The molecular weight excluding hydrogens is 206 g/mol. The zero-order valence-corrected chi connectivity index (χ0v) is 8.95. The Labute approximate surface area is 92.5 Å². The van der Waals surface area contributed by atoms with Crippen molar-refractivity contribution in [3.8, 4) is 5.75 Å². The molecule has 4 heteroatoms. The van der Waals surface area contributed by atoms with E-state index in [1.807, 2.05) is 6.92 Å². The quantitative estimate of drug-likeness (QED) is 0.740. The first kappa shape index (κ1) is 10.5. The second-order valence-corrected chi connectivity index (χ2v) is 3.85. The van der Waals surface area contributed by atoms with Crippen LogP contribution in [0.25, 0.3) is 10.9 Å². The van der Waals surface area contributed by atoms with Crippen LogP contribution in [0.4, 0.5) is 0 Å². The number of aryl methyl sites for hydroxylation is 2. The number of hydrogen-bond acceptors (Lipinski definition) is 2.